The van der Waals surface area contributed by atoms with Crippen molar-refractivity contribution in [2.75, 3.05) is 26.4 Å². The Balaban J connectivity index is 1.96. The number of ether oxygens (including phenoxy) is 5. The summed E-state index contributed by atoms with van der Waals surface area (Å²) in [4.78, 5) is 34.8. The predicted molar refractivity (Wildman–Crippen MR) is 158 cm³/mol. The molecule has 2 aromatic carbocycles. The van der Waals surface area contributed by atoms with E-state index in [9.17, 15) is 19.5 Å². The third-order valence-corrected chi connectivity index (χ3v) is 6.48. The van der Waals surface area contributed by atoms with Crippen LogP contribution >= 0.6 is 0 Å². The highest BCUT2D eigenvalue weighted by molar-refractivity contribution is 5.81. The van der Waals surface area contributed by atoms with Gasteiger partial charge in [0.25, 0.3) is 0 Å². The Bertz CT molecular complexity index is 1150. The first-order valence-corrected chi connectivity index (χ1v) is 14.0. The van der Waals surface area contributed by atoms with Crippen molar-refractivity contribution in [2.24, 2.45) is 0 Å². The minimum atomic E-state index is -0.957. The molecule has 0 aliphatic heterocycles. The molecule has 2 unspecified atom stereocenters. The minimum Gasteiger partial charge on any atom is -0.491 e. The van der Waals surface area contributed by atoms with E-state index in [1.807, 2.05) is 48.5 Å². The van der Waals surface area contributed by atoms with Gasteiger partial charge in [0, 0.05) is 24.0 Å². The van der Waals surface area contributed by atoms with Crippen LogP contribution in [0.3, 0.4) is 0 Å². The van der Waals surface area contributed by atoms with Gasteiger partial charge in [-0.2, -0.15) is 0 Å². The summed E-state index contributed by atoms with van der Waals surface area (Å²) in [5.41, 5.74) is 1.75. The topological polar surface area (TPSA) is 118 Å². The van der Waals surface area contributed by atoms with Gasteiger partial charge >= 0.3 is 17.9 Å². The Kier molecular flexibility index (Phi) is 14.3. The summed E-state index contributed by atoms with van der Waals surface area (Å²) >= 11 is 0. The average molecular weight is 583 g/mol. The highest BCUT2D eigenvalue weighted by Gasteiger charge is 2.24. The number of unbranched alkanes of at least 4 members (excludes halogenated alkanes) is 2. The molecule has 9 nitrogen and oxygen atoms in total. The number of aliphatic hydroxyl groups is 1. The molecule has 0 radical (unpaired) electrons. The lowest BCUT2D eigenvalue weighted by atomic mass is 9.78. The molecule has 0 aliphatic carbocycles. The van der Waals surface area contributed by atoms with E-state index in [1.165, 1.54) is 0 Å². The van der Waals surface area contributed by atoms with Crippen LogP contribution in [0.5, 0.6) is 11.5 Å². The number of carbonyl (C=O) groups excluding carboxylic acids is 3. The summed E-state index contributed by atoms with van der Waals surface area (Å²) in [5, 5.41) is 9.92. The lowest BCUT2D eigenvalue weighted by Crippen LogP contribution is -2.30. The van der Waals surface area contributed by atoms with Crippen LogP contribution in [0.25, 0.3) is 0 Å². The fraction of sp³-hybridized carbons (Fsp3) is 0.424. The quantitative estimate of drug-likeness (QED) is 0.105. The maximum atomic E-state index is 12.2. The number of benzene rings is 2. The van der Waals surface area contributed by atoms with E-state index in [0.717, 1.165) is 42.5 Å². The van der Waals surface area contributed by atoms with E-state index >= 15 is 0 Å². The van der Waals surface area contributed by atoms with Crippen molar-refractivity contribution >= 4 is 17.9 Å². The Morgan fingerprint density at radius 3 is 1.79 bits per heavy atom. The average Bonchev–Trinajstić information content (AvgIpc) is 3.00. The van der Waals surface area contributed by atoms with Crippen molar-refractivity contribution in [3.63, 3.8) is 0 Å². The Morgan fingerprint density at radius 2 is 1.29 bits per heavy atom. The van der Waals surface area contributed by atoms with Crippen LogP contribution in [0.15, 0.2) is 73.8 Å². The summed E-state index contributed by atoms with van der Waals surface area (Å²) in [6, 6.07) is 15.1. The molecule has 0 spiro atoms. The zero-order valence-corrected chi connectivity index (χ0v) is 24.7. The van der Waals surface area contributed by atoms with E-state index in [-0.39, 0.29) is 37.8 Å². The number of rotatable bonds is 19. The summed E-state index contributed by atoms with van der Waals surface area (Å²) < 4.78 is 26.9. The molecule has 0 bridgehead atoms. The highest BCUT2D eigenvalue weighted by atomic mass is 16.6. The maximum Gasteiger partial charge on any atom is 0.330 e. The number of hydrogen-bond donors (Lipinski definition) is 1. The molecule has 42 heavy (non-hydrogen) atoms. The van der Waals surface area contributed by atoms with Crippen LogP contribution in [0.4, 0.5) is 0 Å². The van der Waals surface area contributed by atoms with Gasteiger partial charge in [-0.3, -0.25) is 4.79 Å². The van der Waals surface area contributed by atoms with Crippen molar-refractivity contribution in [1.82, 2.24) is 0 Å². The molecule has 228 valence electrons. The van der Waals surface area contributed by atoms with Crippen LogP contribution in [0.2, 0.25) is 0 Å². The fourth-order valence-corrected chi connectivity index (χ4v) is 3.88. The van der Waals surface area contributed by atoms with E-state index in [2.05, 4.69) is 33.9 Å². The van der Waals surface area contributed by atoms with Gasteiger partial charge in [0.1, 0.15) is 44.0 Å². The SMILES string of the molecule is C=CC(=O)OCC(O)COc1ccc(C(C)(C)c2ccc(OCC(COC(=O)C=C)OC(=O)CCCCC)cc2)cc1. The smallest absolute Gasteiger partial charge is 0.330 e. The molecule has 0 heterocycles. The Morgan fingerprint density at radius 1 is 0.786 bits per heavy atom. The molecule has 2 aromatic rings. The second-order valence-electron chi connectivity index (χ2n) is 10.2. The van der Waals surface area contributed by atoms with Crippen LogP contribution in [-0.2, 0) is 34.0 Å². The van der Waals surface area contributed by atoms with E-state index < -0.39 is 24.1 Å². The minimum absolute atomic E-state index is 0.0236. The summed E-state index contributed by atoms with van der Waals surface area (Å²) in [5.74, 6) is -0.401. The molecular weight excluding hydrogens is 540 g/mol. The van der Waals surface area contributed by atoms with Crippen molar-refractivity contribution in [1.29, 1.82) is 0 Å². The molecule has 9 heteroatoms. The second-order valence-corrected chi connectivity index (χ2v) is 10.2. The molecule has 0 saturated carbocycles. The van der Waals surface area contributed by atoms with Crippen molar-refractivity contribution in [2.45, 2.75) is 64.1 Å². The third-order valence-electron chi connectivity index (χ3n) is 6.48. The van der Waals surface area contributed by atoms with Crippen LogP contribution in [-0.4, -0.2) is 61.6 Å². The first kappa shape index (κ1) is 34.1. The molecule has 0 aliphatic rings. The molecule has 0 fully saturated rings. The molecule has 0 saturated heterocycles. The Labute approximate surface area is 248 Å². The Hall–Kier alpha value is -4.11. The fourth-order valence-electron chi connectivity index (χ4n) is 3.88. The van der Waals surface area contributed by atoms with Gasteiger partial charge in [0.05, 0.1) is 0 Å². The first-order chi connectivity index (χ1) is 20.1. The highest BCUT2D eigenvalue weighted by Crippen LogP contribution is 2.33. The van der Waals surface area contributed by atoms with Crippen LogP contribution < -0.4 is 9.47 Å². The van der Waals surface area contributed by atoms with E-state index in [1.54, 1.807) is 0 Å². The van der Waals surface area contributed by atoms with Gasteiger partial charge < -0.3 is 28.8 Å². The predicted octanol–water partition coefficient (Wildman–Crippen LogP) is 5.08. The number of hydrogen-bond acceptors (Lipinski definition) is 9. The van der Waals surface area contributed by atoms with Gasteiger partial charge in [-0.25, -0.2) is 9.59 Å². The van der Waals surface area contributed by atoms with Crippen LogP contribution in [0, 0.1) is 0 Å². The number of carbonyl (C=O) groups is 3. The van der Waals surface area contributed by atoms with Gasteiger partial charge in [-0.1, -0.05) is 71.0 Å². The molecule has 1 N–H and O–H groups in total. The molecular formula is C33H42O9. The monoisotopic (exact) mass is 582 g/mol. The van der Waals surface area contributed by atoms with Gasteiger partial charge in [-0.05, 0) is 41.8 Å². The van der Waals surface area contributed by atoms with Gasteiger partial charge in [0.15, 0.2) is 6.10 Å². The lowest BCUT2D eigenvalue weighted by Gasteiger charge is -2.26. The van der Waals surface area contributed by atoms with Crippen molar-refractivity contribution < 1.29 is 43.2 Å². The van der Waals surface area contributed by atoms with Crippen molar-refractivity contribution in [3.8, 4) is 11.5 Å². The van der Waals surface area contributed by atoms with E-state index in [0.29, 0.717) is 17.9 Å². The number of aliphatic hydroxyl groups excluding tert-OH is 1. The first-order valence-electron chi connectivity index (χ1n) is 14.0. The summed E-state index contributed by atoms with van der Waals surface area (Å²) in [7, 11) is 0. The zero-order chi connectivity index (χ0) is 31.0. The molecule has 0 amide bonds. The van der Waals surface area contributed by atoms with Gasteiger partial charge in [-0.15, -0.1) is 0 Å². The zero-order valence-electron chi connectivity index (χ0n) is 24.7. The van der Waals surface area contributed by atoms with Crippen LogP contribution in [0.1, 0.15) is 57.6 Å². The molecule has 2 atom stereocenters. The summed E-state index contributed by atoms with van der Waals surface area (Å²) in [6.45, 7) is 12.6. The van der Waals surface area contributed by atoms with E-state index in [4.69, 9.17) is 23.7 Å². The standard InChI is InChI=1S/C33H42O9/c1-6-9-10-11-32(37)42-29(23-41-31(36)8-3)22-39-28-18-14-25(15-19-28)33(4,5)24-12-16-27(17-13-24)38-20-26(34)21-40-30(35)7-2/h7-8,12-19,26,29,34H,2-3,6,9-11,20-23H2,1,4-5H3. The maximum absolute atomic E-state index is 12.2. The lowest BCUT2D eigenvalue weighted by molar-refractivity contribution is -0.158. The second kappa shape index (κ2) is 17.6. The summed E-state index contributed by atoms with van der Waals surface area (Å²) in [6.07, 6.45) is 3.34. The third kappa shape index (κ3) is 11.8. The normalized spacial score (nSPS) is 12.4. The number of esters is 3. The largest absolute Gasteiger partial charge is 0.491 e. The van der Waals surface area contributed by atoms with Gasteiger partial charge in [0.2, 0.25) is 0 Å². The molecule has 2 rings (SSSR count). The molecule has 0 aromatic heterocycles. The van der Waals surface area contributed by atoms with Crippen molar-refractivity contribution in [3.05, 3.63) is 85.0 Å².